The molecular weight excluding hydrogens is 300 g/mol. The van der Waals surface area contributed by atoms with E-state index in [2.05, 4.69) is 17.1 Å². The van der Waals surface area contributed by atoms with Crippen LogP contribution >= 0.6 is 0 Å². The van der Waals surface area contributed by atoms with Gasteiger partial charge in [-0.25, -0.2) is 4.79 Å². The smallest absolute Gasteiger partial charge is 0.335 e. The van der Waals surface area contributed by atoms with Crippen molar-refractivity contribution in [3.63, 3.8) is 0 Å². The number of hydrogen-bond donors (Lipinski definition) is 2. The molecule has 0 aromatic heterocycles. The molecule has 1 aliphatic heterocycles. The number of hydrogen-bond acceptors (Lipinski definition) is 3. The maximum atomic E-state index is 10.9. The largest absolute Gasteiger partial charge is 0.478 e. The summed E-state index contributed by atoms with van der Waals surface area (Å²) in [5.74, 6) is 0.905. The predicted octanol–water partition coefficient (Wildman–Crippen LogP) is 3.03. The summed E-state index contributed by atoms with van der Waals surface area (Å²) in [5, 5.41) is 12.6. The highest BCUT2D eigenvalue weighted by Crippen LogP contribution is 2.29. The third kappa shape index (κ3) is 5.05. The lowest BCUT2D eigenvalue weighted by Crippen LogP contribution is -2.38. The van der Waals surface area contributed by atoms with E-state index in [0.29, 0.717) is 5.56 Å². The molecule has 2 fully saturated rings. The van der Waals surface area contributed by atoms with E-state index < -0.39 is 5.97 Å². The fourth-order valence-electron chi connectivity index (χ4n) is 3.66. The Balaban J connectivity index is 1.29. The van der Waals surface area contributed by atoms with Gasteiger partial charge in [0.1, 0.15) is 0 Å². The summed E-state index contributed by atoms with van der Waals surface area (Å²) in [6, 6.07) is 8.10. The van der Waals surface area contributed by atoms with Crippen LogP contribution in [0.2, 0.25) is 0 Å². The van der Waals surface area contributed by atoms with Crippen molar-refractivity contribution in [1.29, 1.82) is 0 Å². The third-order valence-corrected chi connectivity index (χ3v) is 5.63. The van der Waals surface area contributed by atoms with Gasteiger partial charge >= 0.3 is 5.97 Å². The molecule has 1 heterocycles. The van der Waals surface area contributed by atoms with Crippen LogP contribution < -0.4 is 5.32 Å². The van der Waals surface area contributed by atoms with Crippen LogP contribution in [0.1, 0.15) is 48.5 Å². The number of carbonyl (C=O) groups is 1. The first-order valence-corrected chi connectivity index (χ1v) is 9.40. The second-order valence-electron chi connectivity index (χ2n) is 7.62. The first-order chi connectivity index (χ1) is 11.6. The molecule has 2 aliphatic rings. The SMILES string of the molecule is C[C@@H]1C[C@H]1NCC1CCN(CCCc2ccc(C(=O)O)cc2)CC1. The van der Waals surface area contributed by atoms with Crippen LogP contribution in [0.15, 0.2) is 24.3 Å². The maximum absolute atomic E-state index is 10.9. The number of nitrogens with one attached hydrogen (secondary N) is 1. The molecule has 1 aromatic carbocycles. The van der Waals surface area contributed by atoms with Crippen molar-refractivity contribution in [2.75, 3.05) is 26.2 Å². The Morgan fingerprint density at radius 1 is 1.25 bits per heavy atom. The first kappa shape index (κ1) is 17.4. The van der Waals surface area contributed by atoms with Crippen LogP contribution in [0.4, 0.5) is 0 Å². The van der Waals surface area contributed by atoms with Crippen LogP contribution in [0, 0.1) is 11.8 Å². The molecule has 0 radical (unpaired) electrons. The Labute approximate surface area is 145 Å². The van der Waals surface area contributed by atoms with Crippen molar-refractivity contribution < 1.29 is 9.90 Å². The van der Waals surface area contributed by atoms with Gasteiger partial charge in [0.05, 0.1) is 5.56 Å². The summed E-state index contributed by atoms with van der Waals surface area (Å²) >= 11 is 0. The number of rotatable bonds is 8. The zero-order valence-electron chi connectivity index (χ0n) is 14.7. The molecule has 24 heavy (non-hydrogen) atoms. The number of carboxylic acid groups (broad SMARTS) is 1. The first-order valence-electron chi connectivity index (χ1n) is 9.40. The van der Waals surface area contributed by atoms with Gasteiger partial charge in [0.2, 0.25) is 0 Å². The fourth-order valence-corrected chi connectivity index (χ4v) is 3.66. The average Bonchev–Trinajstić information content (AvgIpc) is 3.30. The van der Waals surface area contributed by atoms with Gasteiger partial charge in [0.15, 0.2) is 0 Å². The lowest BCUT2D eigenvalue weighted by molar-refractivity contribution is 0.0697. The van der Waals surface area contributed by atoms with Gasteiger partial charge in [-0.15, -0.1) is 0 Å². The number of likely N-dealkylation sites (tertiary alicyclic amines) is 1. The molecule has 1 aliphatic carbocycles. The number of piperidine rings is 1. The van der Waals surface area contributed by atoms with Crippen molar-refractivity contribution in [2.45, 2.75) is 45.1 Å². The van der Waals surface area contributed by atoms with Crippen LogP contribution in [-0.4, -0.2) is 48.2 Å². The van der Waals surface area contributed by atoms with Crippen LogP contribution in [-0.2, 0) is 6.42 Å². The molecule has 1 aromatic rings. The van der Waals surface area contributed by atoms with E-state index >= 15 is 0 Å². The minimum Gasteiger partial charge on any atom is -0.478 e. The number of nitrogens with zero attached hydrogens (tertiary/aromatic N) is 1. The zero-order valence-corrected chi connectivity index (χ0v) is 14.7. The topological polar surface area (TPSA) is 52.6 Å². The summed E-state index contributed by atoms with van der Waals surface area (Å²) in [6.07, 6.45) is 6.19. The molecule has 2 atom stereocenters. The zero-order chi connectivity index (χ0) is 16.9. The molecule has 4 heteroatoms. The molecular formula is C20H30N2O2. The highest BCUT2D eigenvalue weighted by atomic mass is 16.4. The molecule has 2 N–H and O–H groups in total. The van der Waals surface area contributed by atoms with E-state index in [1.165, 1.54) is 44.5 Å². The minimum atomic E-state index is -0.852. The summed E-state index contributed by atoms with van der Waals surface area (Å²) in [5.41, 5.74) is 1.60. The van der Waals surface area contributed by atoms with E-state index in [1.54, 1.807) is 12.1 Å². The molecule has 0 unspecified atom stereocenters. The second-order valence-corrected chi connectivity index (χ2v) is 7.62. The highest BCUT2D eigenvalue weighted by molar-refractivity contribution is 5.87. The van der Waals surface area contributed by atoms with Crippen LogP contribution in [0.3, 0.4) is 0 Å². The van der Waals surface area contributed by atoms with E-state index in [0.717, 1.165) is 37.3 Å². The van der Waals surface area contributed by atoms with E-state index in [4.69, 9.17) is 5.11 Å². The van der Waals surface area contributed by atoms with E-state index in [1.807, 2.05) is 12.1 Å². The molecule has 4 nitrogen and oxygen atoms in total. The minimum absolute atomic E-state index is 0.370. The average molecular weight is 330 g/mol. The van der Waals surface area contributed by atoms with Crippen molar-refractivity contribution >= 4 is 5.97 Å². The van der Waals surface area contributed by atoms with Gasteiger partial charge in [-0.05, 0) is 87.8 Å². The Morgan fingerprint density at radius 2 is 1.92 bits per heavy atom. The van der Waals surface area contributed by atoms with Crippen LogP contribution in [0.25, 0.3) is 0 Å². The Hall–Kier alpha value is -1.39. The predicted molar refractivity (Wildman–Crippen MR) is 96.5 cm³/mol. The number of benzene rings is 1. The van der Waals surface area contributed by atoms with E-state index in [-0.39, 0.29) is 0 Å². The highest BCUT2D eigenvalue weighted by Gasteiger charge is 2.32. The summed E-state index contributed by atoms with van der Waals surface area (Å²) < 4.78 is 0. The monoisotopic (exact) mass is 330 g/mol. The summed E-state index contributed by atoms with van der Waals surface area (Å²) in [4.78, 5) is 13.4. The van der Waals surface area contributed by atoms with Crippen LogP contribution in [0.5, 0.6) is 0 Å². The van der Waals surface area contributed by atoms with Gasteiger partial charge in [-0.1, -0.05) is 19.1 Å². The Kier molecular flexibility index (Phi) is 5.90. The molecule has 132 valence electrons. The molecule has 3 rings (SSSR count). The van der Waals surface area contributed by atoms with Crippen molar-refractivity contribution in [3.05, 3.63) is 35.4 Å². The van der Waals surface area contributed by atoms with Crippen molar-refractivity contribution in [3.8, 4) is 0 Å². The number of aromatic carboxylic acids is 1. The summed E-state index contributed by atoms with van der Waals surface area (Å²) in [6.45, 7) is 7.14. The Morgan fingerprint density at radius 3 is 2.50 bits per heavy atom. The lowest BCUT2D eigenvalue weighted by Gasteiger charge is -2.32. The normalized spacial score (nSPS) is 24.9. The standard InChI is InChI=1S/C20H30N2O2/c1-15-13-19(15)21-14-17-8-11-22(12-9-17)10-2-3-16-4-6-18(7-5-16)20(23)24/h4-7,15,17,19,21H,2-3,8-14H2,1H3,(H,23,24)/t15-,19-/m1/s1. The molecule has 0 amide bonds. The van der Waals surface area contributed by atoms with Gasteiger partial charge < -0.3 is 15.3 Å². The lowest BCUT2D eigenvalue weighted by atomic mass is 9.96. The summed E-state index contributed by atoms with van der Waals surface area (Å²) in [7, 11) is 0. The molecule has 1 saturated heterocycles. The number of carboxylic acids is 1. The third-order valence-electron chi connectivity index (χ3n) is 5.63. The molecule has 1 saturated carbocycles. The van der Waals surface area contributed by atoms with Gasteiger partial charge in [-0.3, -0.25) is 0 Å². The van der Waals surface area contributed by atoms with Gasteiger partial charge in [0, 0.05) is 6.04 Å². The maximum Gasteiger partial charge on any atom is 0.335 e. The fraction of sp³-hybridized carbons (Fsp3) is 0.650. The Bertz CT molecular complexity index is 535. The molecule has 0 bridgehead atoms. The van der Waals surface area contributed by atoms with Crippen molar-refractivity contribution in [2.24, 2.45) is 11.8 Å². The molecule has 0 spiro atoms. The van der Waals surface area contributed by atoms with Crippen molar-refractivity contribution in [1.82, 2.24) is 10.2 Å². The van der Waals surface area contributed by atoms with Gasteiger partial charge in [0.25, 0.3) is 0 Å². The second kappa shape index (κ2) is 8.13. The number of aryl methyl sites for hydroxylation is 1. The quantitative estimate of drug-likeness (QED) is 0.769. The van der Waals surface area contributed by atoms with E-state index in [9.17, 15) is 4.79 Å². The van der Waals surface area contributed by atoms with Gasteiger partial charge in [-0.2, -0.15) is 0 Å².